The van der Waals surface area contributed by atoms with E-state index in [0.29, 0.717) is 10.6 Å². The first-order chi connectivity index (χ1) is 14.0. The van der Waals surface area contributed by atoms with E-state index in [-0.39, 0.29) is 12.3 Å². The first-order valence-electron chi connectivity index (χ1n) is 8.97. The maximum atomic E-state index is 12.0. The van der Waals surface area contributed by atoms with Crippen molar-refractivity contribution < 1.29 is 19.2 Å². The van der Waals surface area contributed by atoms with Gasteiger partial charge >= 0.3 is 5.97 Å². The molecule has 0 radical (unpaired) electrons. The Morgan fingerprint density at radius 2 is 1.93 bits per heavy atom. The van der Waals surface area contributed by atoms with Gasteiger partial charge in [-0.05, 0) is 48.3 Å². The molecular weight excluding hydrogens is 392 g/mol. The van der Waals surface area contributed by atoms with Gasteiger partial charge in [0.2, 0.25) is 0 Å². The van der Waals surface area contributed by atoms with Gasteiger partial charge in [0.1, 0.15) is 13.7 Å². The fourth-order valence-corrected chi connectivity index (χ4v) is 3.24. The molecule has 0 fully saturated rings. The highest BCUT2D eigenvalue weighted by Gasteiger charge is 2.19. The summed E-state index contributed by atoms with van der Waals surface area (Å²) < 4.78 is 4.79. The van der Waals surface area contributed by atoms with E-state index in [1.807, 2.05) is 37.3 Å². The summed E-state index contributed by atoms with van der Waals surface area (Å²) in [5, 5.41) is 8.75. The minimum absolute atomic E-state index is 0.0701. The molecule has 0 saturated carbocycles. The number of halogens is 1. The number of fused-ring (bicyclic) bond motifs is 1. The fraction of sp³-hybridized carbons (Fsp3) is 0.227. The summed E-state index contributed by atoms with van der Waals surface area (Å²) in [6.45, 7) is 2.07. The molecule has 2 aromatic carbocycles. The van der Waals surface area contributed by atoms with Crippen LogP contribution in [0.5, 0.6) is 0 Å². The summed E-state index contributed by atoms with van der Waals surface area (Å²) in [5.74, 6) is -0.591. The molecule has 7 heteroatoms. The zero-order chi connectivity index (χ0) is 20.8. The van der Waals surface area contributed by atoms with Crippen LogP contribution in [0.4, 0.5) is 0 Å². The van der Waals surface area contributed by atoms with E-state index in [1.54, 1.807) is 12.1 Å². The molecule has 0 saturated heterocycles. The maximum Gasteiger partial charge on any atom is 0.360 e. The molecule has 0 atom stereocenters. The summed E-state index contributed by atoms with van der Waals surface area (Å²) in [6, 6.07) is 13.1. The minimum Gasteiger partial charge on any atom is -0.464 e. The molecule has 1 aliphatic rings. The van der Waals surface area contributed by atoms with Gasteiger partial charge in [0.25, 0.3) is 0 Å². The second-order valence-electron chi connectivity index (χ2n) is 6.41. The largest absolute Gasteiger partial charge is 0.464 e. The van der Waals surface area contributed by atoms with E-state index < -0.39 is 5.97 Å². The average Bonchev–Trinajstić information content (AvgIpc) is 3.15. The summed E-state index contributed by atoms with van der Waals surface area (Å²) in [7, 11) is 2.66. The van der Waals surface area contributed by atoms with Crippen LogP contribution in [-0.2, 0) is 32.2 Å². The van der Waals surface area contributed by atoms with Crippen molar-refractivity contribution in [3.8, 4) is 0 Å². The summed E-state index contributed by atoms with van der Waals surface area (Å²) in [6.07, 6.45) is 2.85. The zero-order valence-corrected chi connectivity index (χ0v) is 17.2. The number of benzene rings is 2. The number of oxime groups is 2. The second-order valence-corrected chi connectivity index (χ2v) is 6.85. The van der Waals surface area contributed by atoms with Gasteiger partial charge in [0.05, 0.1) is 12.8 Å². The van der Waals surface area contributed by atoms with Crippen molar-refractivity contribution in [3.63, 3.8) is 0 Å². The number of carbonyl (C=O) groups is 1. The molecule has 0 unspecified atom stereocenters. The molecule has 0 aromatic heterocycles. The van der Waals surface area contributed by atoms with Crippen LogP contribution in [-0.4, -0.2) is 31.6 Å². The topological polar surface area (TPSA) is 69.5 Å². The number of methoxy groups -OCH3 is 1. The van der Waals surface area contributed by atoms with Crippen LogP contribution in [0.3, 0.4) is 0 Å². The normalized spacial score (nSPS) is 13.6. The highest BCUT2D eigenvalue weighted by Crippen LogP contribution is 2.28. The first-order valence-corrected chi connectivity index (χ1v) is 9.35. The van der Waals surface area contributed by atoms with Crippen molar-refractivity contribution in [3.05, 3.63) is 75.3 Å². The lowest BCUT2D eigenvalue weighted by Crippen LogP contribution is -2.19. The number of carbonyl (C=O) groups excluding carboxylic acids is 1. The van der Waals surface area contributed by atoms with E-state index in [9.17, 15) is 4.79 Å². The third-order valence-corrected chi connectivity index (χ3v) is 4.77. The number of nitrogens with zero attached hydrogens (tertiary/aromatic N) is 2. The smallest absolute Gasteiger partial charge is 0.360 e. The number of rotatable bonds is 7. The molecule has 2 aromatic rings. The van der Waals surface area contributed by atoms with E-state index in [1.165, 1.54) is 19.8 Å². The van der Waals surface area contributed by atoms with E-state index in [0.717, 1.165) is 28.8 Å². The number of ether oxygens (including phenoxy) is 1. The van der Waals surface area contributed by atoms with Crippen LogP contribution < -0.4 is 0 Å². The van der Waals surface area contributed by atoms with Gasteiger partial charge in [-0.2, -0.15) is 0 Å². The van der Waals surface area contributed by atoms with Gasteiger partial charge in [-0.1, -0.05) is 52.2 Å². The third-order valence-electron chi connectivity index (χ3n) is 4.54. The van der Waals surface area contributed by atoms with Gasteiger partial charge in [0.15, 0.2) is 5.71 Å². The summed E-state index contributed by atoms with van der Waals surface area (Å²) in [5.41, 5.74) is 5.55. The van der Waals surface area contributed by atoms with Gasteiger partial charge in [-0.3, -0.25) is 0 Å². The van der Waals surface area contributed by atoms with Gasteiger partial charge in [0, 0.05) is 16.1 Å². The fourth-order valence-electron chi connectivity index (χ4n) is 3.06. The van der Waals surface area contributed by atoms with Crippen molar-refractivity contribution in [1.82, 2.24) is 0 Å². The highest BCUT2D eigenvalue weighted by molar-refractivity contribution is 6.43. The molecule has 1 aliphatic carbocycles. The van der Waals surface area contributed by atoms with Crippen molar-refractivity contribution in [1.29, 1.82) is 0 Å². The molecule has 29 heavy (non-hydrogen) atoms. The maximum absolute atomic E-state index is 12.0. The average molecular weight is 413 g/mol. The Morgan fingerprint density at radius 3 is 2.69 bits per heavy atom. The first kappa shape index (κ1) is 20.6. The van der Waals surface area contributed by atoms with Crippen LogP contribution >= 0.6 is 11.6 Å². The molecule has 0 N–H and O–H groups in total. The molecule has 0 amide bonds. The predicted octanol–water partition coefficient (Wildman–Crippen LogP) is 4.40. The highest BCUT2D eigenvalue weighted by atomic mass is 35.5. The lowest BCUT2D eigenvalue weighted by atomic mass is 10.0. The van der Waals surface area contributed by atoms with Crippen LogP contribution in [0.25, 0.3) is 6.08 Å². The summed E-state index contributed by atoms with van der Waals surface area (Å²) >= 11 is 6.06. The minimum atomic E-state index is -0.591. The number of hydrogen-bond donors (Lipinski definition) is 0. The van der Waals surface area contributed by atoms with Crippen molar-refractivity contribution in [2.45, 2.75) is 20.0 Å². The Hall–Kier alpha value is -3.12. The van der Waals surface area contributed by atoms with Crippen LogP contribution in [0.15, 0.2) is 58.3 Å². The predicted molar refractivity (Wildman–Crippen MR) is 113 cm³/mol. The molecule has 150 valence electrons. The zero-order valence-electron chi connectivity index (χ0n) is 16.4. The number of hydrogen-bond acceptors (Lipinski definition) is 6. The van der Waals surface area contributed by atoms with E-state index in [4.69, 9.17) is 26.0 Å². The van der Waals surface area contributed by atoms with E-state index >= 15 is 0 Å². The quantitative estimate of drug-likeness (QED) is 0.384. The molecule has 3 rings (SSSR count). The molecule has 0 heterocycles. The van der Waals surface area contributed by atoms with Crippen LogP contribution in [0.1, 0.15) is 29.2 Å². The van der Waals surface area contributed by atoms with Crippen molar-refractivity contribution >= 4 is 35.1 Å². The second kappa shape index (κ2) is 9.39. The van der Waals surface area contributed by atoms with Crippen LogP contribution in [0.2, 0.25) is 5.02 Å². The SMILES string of the molecule is CO/N=C(/C(=O)OC)c1ccccc1CO/N=C(\C)C1=Cc2cc(Cl)ccc2C1. The lowest BCUT2D eigenvalue weighted by molar-refractivity contribution is -0.132. The van der Waals surface area contributed by atoms with Crippen molar-refractivity contribution in [2.24, 2.45) is 10.3 Å². The Balaban J connectivity index is 1.73. The lowest BCUT2D eigenvalue weighted by Gasteiger charge is -2.10. The molecule has 6 nitrogen and oxygen atoms in total. The molecular formula is C22H21ClN2O4. The Morgan fingerprint density at radius 1 is 1.14 bits per heavy atom. The Kier molecular flexibility index (Phi) is 6.67. The van der Waals surface area contributed by atoms with Gasteiger partial charge < -0.3 is 14.4 Å². The Labute approximate surface area is 174 Å². The van der Waals surface area contributed by atoms with E-state index in [2.05, 4.69) is 16.4 Å². The molecule has 0 bridgehead atoms. The van der Waals surface area contributed by atoms with Gasteiger partial charge in [-0.25, -0.2) is 4.79 Å². The number of allylic oxidation sites excluding steroid dienone is 1. The summed E-state index contributed by atoms with van der Waals surface area (Å²) in [4.78, 5) is 22.4. The molecule has 0 aliphatic heterocycles. The van der Waals surface area contributed by atoms with Crippen molar-refractivity contribution in [2.75, 3.05) is 14.2 Å². The number of esters is 1. The standard InChI is InChI=1S/C22H21ClN2O4/c1-14(17-10-15-8-9-19(23)12-18(15)11-17)24-29-13-16-6-4-5-7-20(16)21(25-28-3)22(26)27-2/h4-9,11-12H,10,13H2,1-3H3/b24-14+,25-21+. The van der Waals surface area contributed by atoms with Gasteiger partial charge in [-0.15, -0.1) is 0 Å². The Bertz CT molecular complexity index is 1010. The third kappa shape index (κ3) is 4.84. The van der Waals surface area contributed by atoms with Crippen LogP contribution in [0, 0.1) is 0 Å². The monoisotopic (exact) mass is 412 g/mol. The molecule has 0 spiro atoms.